The minimum atomic E-state index is 0.0371. The zero-order chi connectivity index (χ0) is 14.5. The summed E-state index contributed by atoms with van der Waals surface area (Å²) in [6, 6.07) is 0.233. The molecule has 112 valence electrons. The van der Waals surface area contributed by atoms with E-state index < -0.39 is 0 Å². The second-order valence-corrected chi connectivity index (χ2v) is 6.44. The van der Waals surface area contributed by atoms with Crippen LogP contribution in [0.25, 0.3) is 0 Å². The van der Waals surface area contributed by atoms with Crippen molar-refractivity contribution in [3.63, 3.8) is 0 Å². The molecule has 1 aliphatic carbocycles. The average molecular weight is 270 g/mol. The number of hydrogen-bond donors (Lipinski definition) is 2. The van der Waals surface area contributed by atoms with E-state index in [4.69, 9.17) is 10.5 Å². The maximum absolute atomic E-state index is 11.9. The minimum Gasteiger partial charge on any atom is -0.378 e. The number of nitrogens with one attached hydrogen (secondary N) is 1. The summed E-state index contributed by atoms with van der Waals surface area (Å²) >= 11 is 0. The van der Waals surface area contributed by atoms with Gasteiger partial charge in [0.1, 0.15) is 0 Å². The van der Waals surface area contributed by atoms with Crippen LogP contribution in [0.15, 0.2) is 0 Å². The zero-order valence-electron chi connectivity index (χ0n) is 12.9. The van der Waals surface area contributed by atoms with Gasteiger partial charge in [0.2, 0.25) is 5.91 Å². The number of amides is 1. The van der Waals surface area contributed by atoms with Crippen molar-refractivity contribution in [1.82, 2.24) is 5.32 Å². The van der Waals surface area contributed by atoms with Crippen LogP contribution in [0.3, 0.4) is 0 Å². The molecular formula is C15H30N2O2. The van der Waals surface area contributed by atoms with Crippen LogP contribution in [0, 0.1) is 11.3 Å². The molecule has 0 radical (unpaired) electrons. The molecule has 0 saturated heterocycles. The molecule has 3 atom stereocenters. The largest absolute Gasteiger partial charge is 0.378 e. The van der Waals surface area contributed by atoms with Crippen molar-refractivity contribution >= 4 is 5.91 Å². The Morgan fingerprint density at radius 2 is 2.21 bits per heavy atom. The van der Waals surface area contributed by atoms with Gasteiger partial charge in [0.15, 0.2) is 0 Å². The van der Waals surface area contributed by atoms with Crippen LogP contribution in [0.5, 0.6) is 0 Å². The first-order chi connectivity index (χ1) is 8.91. The molecule has 0 bridgehead atoms. The lowest BCUT2D eigenvalue weighted by Crippen LogP contribution is -2.62. The summed E-state index contributed by atoms with van der Waals surface area (Å²) in [5.74, 6) is 0.364. The van der Waals surface area contributed by atoms with Gasteiger partial charge >= 0.3 is 0 Å². The van der Waals surface area contributed by atoms with Crippen LogP contribution in [0.1, 0.15) is 53.4 Å². The summed E-state index contributed by atoms with van der Waals surface area (Å²) in [5, 5.41) is 3.12. The van der Waals surface area contributed by atoms with E-state index >= 15 is 0 Å². The van der Waals surface area contributed by atoms with Gasteiger partial charge in [-0.3, -0.25) is 4.79 Å². The number of rotatable bonds is 8. The van der Waals surface area contributed by atoms with Crippen molar-refractivity contribution in [2.75, 3.05) is 13.2 Å². The van der Waals surface area contributed by atoms with Crippen LogP contribution in [0.2, 0.25) is 0 Å². The van der Waals surface area contributed by atoms with Crippen LogP contribution >= 0.6 is 0 Å². The molecule has 0 aromatic heterocycles. The fraction of sp³-hybridized carbons (Fsp3) is 0.933. The number of carbonyl (C=O) groups excluding carboxylic acids is 1. The lowest BCUT2D eigenvalue weighted by Gasteiger charge is -2.51. The highest BCUT2D eigenvalue weighted by Gasteiger charge is 2.49. The van der Waals surface area contributed by atoms with Gasteiger partial charge in [0.05, 0.1) is 6.10 Å². The predicted octanol–water partition coefficient (Wildman–Crippen LogP) is 2.07. The molecule has 1 saturated carbocycles. The Hall–Kier alpha value is -0.610. The molecule has 0 unspecified atom stereocenters. The Morgan fingerprint density at radius 1 is 1.53 bits per heavy atom. The van der Waals surface area contributed by atoms with Gasteiger partial charge in [0, 0.05) is 24.5 Å². The first kappa shape index (κ1) is 16.4. The summed E-state index contributed by atoms with van der Waals surface area (Å²) in [5.41, 5.74) is 5.58. The molecule has 0 spiro atoms. The second-order valence-electron chi connectivity index (χ2n) is 6.44. The van der Waals surface area contributed by atoms with E-state index in [1.807, 2.05) is 6.92 Å². The third-order valence-electron chi connectivity index (χ3n) is 4.27. The van der Waals surface area contributed by atoms with E-state index in [1.165, 1.54) is 0 Å². The smallest absolute Gasteiger partial charge is 0.220 e. The highest BCUT2D eigenvalue weighted by atomic mass is 16.5. The zero-order valence-corrected chi connectivity index (χ0v) is 12.9. The van der Waals surface area contributed by atoms with Gasteiger partial charge in [-0.15, -0.1) is 0 Å². The van der Waals surface area contributed by atoms with E-state index in [2.05, 4.69) is 26.1 Å². The molecule has 1 amide bonds. The summed E-state index contributed by atoms with van der Waals surface area (Å²) < 4.78 is 5.88. The van der Waals surface area contributed by atoms with Crippen molar-refractivity contribution in [1.29, 1.82) is 0 Å². The molecule has 1 fully saturated rings. The van der Waals surface area contributed by atoms with E-state index in [0.29, 0.717) is 13.0 Å². The standard InChI is InChI=1S/C15H30N2O2/c1-5-6-7-19-13-9-12(15(13,3)4)17-14(18)8-11(2)10-16/h11-13H,5-10,16H2,1-4H3,(H,17,18)/t11-,12-,13+/m0/s1. The molecule has 1 aliphatic rings. The van der Waals surface area contributed by atoms with Gasteiger partial charge in [-0.1, -0.05) is 34.1 Å². The SMILES string of the molecule is CCCCO[C@@H]1C[C@H](NC(=O)C[C@H](C)CN)C1(C)C. The van der Waals surface area contributed by atoms with E-state index in [1.54, 1.807) is 0 Å². The lowest BCUT2D eigenvalue weighted by molar-refractivity contribution is -0.138. The normalized spacial score (nSPS) is 26.6. The van der Waals surface area contributed by atoms with Gasteiger partial charge in [-0.25, -0.2) is 0 Å². The van der Waals surface area contributed by atoms with Crippen molar-refractivity contribution in [2.24, 2.45) is 17.1 Å². The highest BCUT2D eigenvalue weighted by molar-refractivity contribution is 5.76. The summed E-state index contributed by atoms with van der Waals surface area (Å²) in [7, 11) is 0. The maximum atomic E-state index is 11.9. The van der Waals surface area contributed by atoms with Crippen LogP contribution < -0.4 is 11.1 Å². The molecule has 0 aliphatic heterocycles. The fourth-order valence-electron chi connectivity index (χ4n) is 2.44. The summed E-state index contributed by atoms with van der Waals surface area (Å²) in [6.07, 6.45) is 3.99. The van der Waals surface area contributed by atoms with Crippen molar-refractivity contribution in [2.45, 2.75) is 65.5 Å². The minimum absolute atomic E-state index is 0.0371. The Morgan fingerprint density at radius 3 is 2.74 bits per heavy atom. The first-order valence-corrected chi connectivity index (χ1v) is 7.52. The van der Waals surface area contributed by atoms with Gasteiger partial charge in [-0.2, -0.15) is 0 Å². The molecule has 4 nitrogen and oxygen atoms in total. The second kappa shape index (κ2) is 7.25. The number of hydrogen-bond acceptors (Lipinski definition) is 3. The molecule has 0 aromatic rings. The molecule has 3 N–H and O–H groups in total. The van der Waals surface area contributed by atoms with Crippen LogP contribution in [-0.2, 0) is 9.53 Å². The van der Waals surface area contributed by atoms with E-state index in [9.17, 15) is 4.79 Å². The average Bonchev–Trinajstić information content (AvgIpc) is 2.36. The van der Waals surface area contributed by atoms with Crippen molar-refractivity contribution in [3.8, 4) is 0 Å². The summed E-state index contributed by atoms with van der Waals surface area (Å²) in [4.78, 5) is 11.9. The lowest BCUT2D eigenvalue weighted by atomic mass is 9.64. The maximum Gasteiger partial charge on any atom is 0.220 e. The van der Waals surface area contributed by atoms with Gasteiger partial charge < -0.3 is 15.8 Å². The molecule has 0 aromatic carbocycles. The predicted molar refractivity (Wildman–Crippen MR) is 77.8 cm³/mol. The quantitative estimate of drug-likeness (QED) is 0.664. The molecule has 19 heavy (non-hydrogen) atoms. The van der Waals surface area contributed by atoms with Gasteiger partial charge in [0.25, 0.3) is 0 Å². The number of carbonyl (C=O) groups is 1. The fourth-order valence-corrected chi connectivity index (χ4v) is 2.44. The first-order valence-electron chi connectivity index (χ1n) is 7.52. The van der Waals surface area contributed by atoms with Gasteiger partial charge in [-0.05, 0) is 25.3 Å². The Labute approximate surface area is 117 Å². The van der Waals surface area contributed by atoms with Crippen LogP contribution in [0.4, 0.5) is 0 Å². The number of nitrogens with two attached hydrogens (primary N) is 1. The monoisotopic (exact) mass is 270 g/mol. The number of ether oxygens (including phenoxy) is 1. The molecule has 1 rings (SSSR count). The third-order valence-corrected chi connectivity index (χ3v) is 4.27. The topological polar surface area (TPSA) is 64.3 Å². The van der Waals surface area contributed by atoms with Crippen molar-refractivity contribution < 1.29 is 9.53 Å². The Balaban J connectivity index is 2.32. The molecule has 0 heterocycles. The van der Waals surface area contributed by atoms with E-state index in [0.717, 1.165) is 25.9 Å². The highest BCUT2D eigenvalue weighted by Crippen LogP contribution is 2.42. The molecular weight excluding hydrogens is 240 g/mol. The third kappa shape index (κ3) is 4.46. The van der Waals surface area contributed by atoms with E-state index in [-0.39, 0.29) is 29.4 Å². The van der Waals surface area contributed by atoms with Crippen LogP contribution in [-0.4, -0.2) is 31.2 Å². The Bertz CT molecular complexity index is 292. The Kier molecular flexibility index (Phi) is 6.27. The number of unbranched alkanes of at least 4 members (excludes halogenated alkanes) is 1. The molecule has 4 heteroatoms. The summed E-state index contributed by atoms with van der Waals surface area (Å²) in [6.45, 7) is 9.90. The van der Waals surface area contributed by atoms with Crippen molar-refractivity contribution in [3.05, 3.63) is 0 Å².